The number of nitrogens with one attached hydrogen (secondary N) is 3. The lowest BCUT2D eigenvalue weighted by molar-refractivity contribution is 0.0819. The van der Waals surface area contributed by atoms with Gasteiger partial charge in [-0.2, -0.15) is 0 Å². The average Bonchev–Trinajstić information content (AvgIpc) is 3.55. The number of benzene rings is 2. The van der Waals surface area contributed by atoms with Gasteiger partial charge in [-0.15, -0.1) is 0 Å². The first-order valence-electron chi connectivity index (χ1n) is 14.5. The average molecular weight is 555 g/mol. The molecule has 0 aromatic heterocycles. The number of fused-ring (bicyclic) bond motifs is 2. The molecule has 5 rings (SSSR count). The van der Waals surface area contributed by atoms with E-state index in [2.05, 4.69) is 16.0 Å². The predicted octanol–water partition coefficient (Wildman–Crippen LogP) is 3.53. The van der Waals surface area contributed by atoms with E-state index >= 15 is 0 Å². The maximum absolute atomic E-state index is 13.6. The molecule has 8 nitrogen and oxygen atoms in total. The van der Waals surface area contributed by atoms with E-state index in [0.717, 1.165) is 17.9 Å². The molecule has 2 aromatic rings. The lowest BCUT2D eigenvalue weighted by atomic mass is 9.94. The Kier molecular flexibility index (Phi) is 8.79. The third-order valence-corrected chi connectivity index (χ3v) is 10.5. The second kappa shape index (κ2) is 12.3. The summed E-state index contributed by atoms with van der Waals surface area (Å²) >= 11 is 0. The number of amides is 1. The van der Waals surface area contributed by atoms with Crippen molar-refractivity contribution in [3.8, 4) is 0 Å². The van der Waals surface area contributed by atoms with Crippen LogP contribution in [0.2, 0.25) is 0 Å². The second-order valence-corrected chi connectivity index (χ2v) is 13.4. The van der Waals surface area contributed by atoms with E-state index < -0.39 is 22.2 Å². The molecule has 2 aliphatic carbocycles. The highest BCUT2D eigenvalue weighted by molar-refractivity contribution is 7.92. The Morgan fingerprint density at radius 3 is 2.62 bits per heavy atom. The zero-order valence-corrected chi connectivity index (χ0v) is 23.6. The Balaban J connectivity index is 1.34. The molecule has 39 heavy (non-hydrogen) atoms. The number of aliphatic hydroxyl groups is 1. The van der Waals surface area contributed by atoms with Crippen LogP contribution in [0.25, 0.3) is 0 Å². The van der Waals surface area contributed by atoms with Gasteiger partial charge in [0.05, 0.1) is 23.6 Å². The molecule has 1 heterocycles. The molecule has 1 saturated heterocycles. The number of carbonyl (C=O) groups excluding carboxylic acids is 1. The minimum atomic E-state index is -3.42. The Bertz CT molecular complexity index is 1240. The number of rotatable bonds is 11. The summed E-state index contributed by atoms with van der Waals surface area (Å²) in [6, 6.07) is 15.0. The standard InChI is InChI=1S/C30H42N4O4S/c1-2-31-25-17-24(18-26(19-25)34-12-6-7-13-39(34,37)38)30(36)33-28(15-21-8-4-3-5-9-21)29(35)20-32-27-16-22-10-11-23(27)14-22/h3-5,8-9,17-19,22-23,27-29,31-32,35H,2,6-7,10-16,20H2,1H3,(H,33,36)/t22-,23+,27+,28+,29-/m1/s1. The van der Waals surface area contributed by atoms with Crippen LogP contribution in [0.4, 0.5) is 11.4 Å². The van der Waals surface area contributed by atoms with E-state index in [1.54, 1.807) is 18.2 Å². The Labute approximate surface area is 232 Å². The topological polar surface area (TPSA) is 111 Å². The van der Waals surface area contributed by atoms with E-state index in [1.165, 1.54) is 30.0 Å². The van der Waals surface area contributed by atoms with Crippen LogP contribution in [0.1, 0.15) is 61.4 Å². The van der Waals surface area contributed by atoms with Crippen molar-refractivity contribution in [3.05, 3.63) is 59.7 Å². The fraction of sp³-hybridized carbons (Fsp3) is 0.567. The molecule has 212 valence electrons. The van der Waals surface area contributed by atoms with E-state index in [4.69, 9.17) is 0 Å². The highest BCUT2D eigenvalue weighted by Gasteiger charge is 2.39. The summed E-state index contributed by atoms with van der Waals surface area (Å²) in [4.78, 5) is 13.6. The van der Waals surface area contributed by atoms with Gasteiger partial charge in [0.1, 0.15) is 0 Å². The van der Waals surface area contributed by atoms with E-state index in [0.29, 0.717) is 61.4 Å². The molecular weight excluding hydrogens is 512 g/mol. The molecular formula is C30H42N4O4S. The normalized spacial score (nSPS) is 25.3. The SMILES string of the molecule is CCNc1cc(C(=O)N[C@@H](Cc2ccccc2)[C@H](O)CN[C@H]2C[C@@H]3CC[C@H]2C3)cc(N2CCCCS2(=O)=O)c1. The predicted molar refractivity (Wildman–Crippen MR) is 156 cm³/mol. The van der Waals surface area contributed by atoms with Crippen LogP contribution in [0, 0.1) is 11.8 Å². The maximum Gasteiger partial charge on any atom is 0.251 e. The summed E-state index contributed by atoms with van der Waals surface area (Å²) in [5, 5.41) is 21.2. The molecule has 2 bridgehead atoms. The third kappa shape index (κ3) is 6.76. The van der Waals surface area contributed by atoms with Crippen LogP contribution >= 0.6 is 0 Å². The molecule has 4 N–H and O–H groups in total. The van der Waals surface area contributed by atoms with Crippen molar-refractivity contribution in [3.63, 3.8) is 0 Å². The highest BCUT2D eigenvalue weighted by Crippen LogP contribution is 2.44. The number of nitrogens with zero attached hydrogens (tertiary/aromatic N) is 1. The van der Waals surface area contributed by atoms with Gasteiger partial charge in [0.2, 0.25) is 10.0 Å². The summed E-state index contributed by atoms with van der Waals surface area (Å²) in [6.45, 7) is 3.42. The van der Waals surface area contributed by atoms with Crippen molar-refractivity contribution in [1.82, 2.24) is 10.6 Å². The van der Waals surface area contributed by atoms with Crippen LogP contribution in [0.15, 0.2) is 48.5 Å². The van der Waals surface area contributed by atoms with Crippen LogP contribution < -0.4 is 20.3 Å². The molecule has 0 radical (unpaired) electrons. The summed E-state index contributed by atoms with van der Waals surface area (Å²) in [5.41, 5.74) is 2.59. The van der Waals surface area contributed by atoms with E-state index in [1.807, 2.05) is 37.3 Å². The quantitative estimate of drug-likeness (QED) is 0.338. The molecule has 0 spiro atoms. The van der Waals surface area contributed by atoms with Crippen molar-refractivity contribution in [2.24, 2.45) is 11.8 Å². The van der Waals surface area contributed by atoms with Crippen molar-refractivity contribution >= 4 is 27.3 Å². The zero-order chi connectivity index (χ0) is 27.4. The van der Waals surface area contributed by atoms with E-state index in [9.17, 15) is 18.3 Å². The molecule has 1 aliphatic heterocycles. The van der Waals surface area contributed by atoms with Gasteiger partial charge >= 0.3 is 0 Å². The van der Waals surface area contributed by atoms with Crippen molar-refractivity contribution in [2.45, 2.75) is 70.1 Å². The lowest BCUT2D eigenvalue weighted by Gasteiger charge is -2.30. The summed E-state index contributed by atoms with van der Waals surface area (Å²) in [6.07, 6.45) is 6.20. The zero-order valence-electron chi connectivity index (χ0n) is 22.8. The van der Waals surface area contributed by atoms with Crippen molar-refractivity contribution < 1.29 is 18.3 Å². The van der Waals surface area contributed by atoms with Gasteiger partial charge in [0, 0.05) is 36.9 Å². The van der Waals surface area contributed by atoms with Crippen LogP contribution in [-0.4, -0.2) is 63.0 Å². The van der Waals surface area contributed by atoms with Gasteiger partial charge in [-0.1, -0.05) is 36.8 Å². The molecule has 5 atom stereocenters. The van der Waals surface area contributed by atoms with Gasteiger partial charge in [0.25, 0.3) is 5.91 Å². The van der Waals surface area contributed by atoms with Crippen molar-refractivity contribution in [2.75, 3.05) is 35.0 Å². The third-order valence-electron chi connectivity index (χ3n) is 8.60. The number of hydrogen-bond donors (Lipinski definition) is 4. The number of aliphatic hydroxyl groups excluding tert-OH is 1. The van der Waals surface area contributed by atoms with Crippen LogP contribution in [0.5, 0.6) is 0 Å². The summed E-state index contributed by atoms with van der Waals surface area (Å²) in [5.74, 6) is 1.29. The first-order chi connectivity index (χ1) is 18.8. The minimum absolute atomic E-state index is 0.112. The number of anilines is 2. The molecule has 1 amide bonds. The van der Waals surface area contributed by atoms with Gasteiger partial charge in [-0.3, -0.25) is 9.10 Å². The monoisotopic (exact) mass is 554 g/mol. The summed E-state index contributed by atoms with van der Waals surface area (Å²) < 4.78 is 27.0. The molecule has 9 heteroatoms. The molecule has 0 unspecified atom stereocenters. The highest BCUT2D eigenvalue weighted by atomic mass is 32.2. The fourth-order valence-corrected chi connectivity index (χ4v) is 8.21. The Hall–Kier alpha value is -2.62. The fourth-order valence-electron chi connectivity index (χ4n) is 6.58. The van der Waals surface area contributed by atoms with Gasteiger partial charge in [-0.05, 0) is 81.0 Å². The Morgan fingerprint density at radius 1 is 1.10 bits per heavy atom. The first-order valence-corrected chi connectivity index (χ1v) is 16.1. The number of carbonyl (C=O) groups is 1. The smallest absolute Gasteiger partial charge is 0.251 e. The van der Waals surface area contributed by atoms with Crippen LogP contribution in [-0.2, 0) is 16.4 Å². The van der Waals surface area contributed by atoms with Crippen LogP contribution in [0.3, 0.4) is 0 Å². The lowest BCUT2D eigenvalue weighted by Crippen LogP contribution is -2.50. The number of hydrogen-bond acceptors (Lipinski definition) is 6. The first kappa shape index (κ1) is 27.9. The minimum Gasteiger partial charge on any atom is -0.390 e. The van der Waals surface area contributed by atoms with Gasteiger partial charge in [-0.25, -0.2) is 8.42 Å². The molecule has 2 aromatic carbocycles. The Morgan fingerprint density at radius 2 is 1.92 bits per heavy atom. The second-order valence-electron chi connectivity index (χ2n) is 11.4. The van der Waals surface area contributed by atoms with Crippen molar-refractivity contribution in [1.29, 1.82) is 0 Å². The van der Waals surface area contributed by atoms with E-state index in [-0.39, 0.29) is 11.7 Å². The largest absolute Gasteiger partial charge is 0.390 e. The maximum atomic E-state index is 13.6. The van der Waals surface area contributed by atoms with Gasteiger partial charge in [0.15, 0.2) is 0 Å². The molecule has 3 fully saturated rings. The van der Waals surface area contributed by atoms with Gasteiger partial charge < -0.3 is 21.1 Å². The molecule has 2 saturated carbocycles. The molecule has 3 aliphatic rings. The summed E-state index contributed by atoms with van der Waals surface area (Å²) in [7, 11) is -3.42. The number of sulfonamides is 1.